The number of benzene rings is 1. The van der Waals surface area contributed by atoms with E-state index in [1.54, 1.807) is 11.4 Å². The molecular weight excluding hydrogens is 404 g/mol. The third-order valence-electron chi connectivity index (χ3n) is 4.74. The van der Waals surface area contributed by atoms with Crippen LogP contribution in [-0.4, -0.2) is 49.0 Å². The fourth-order valence-corrected chi connectivity index (χ4v) is 5.24. The van der Waals surface area contributed by atoms with Crippen LogP contribution in [0.25, 0.3) is 0 Å². The summed E-state index contributed by atoms with van der Waals surface area (Å²) in [5.74, 6) is -0.501. The van der Waals surface area contributed by atoms with Crippen molar-refractivity contribution in [3.63, 3.8) is 0 Å². The monoisotopic (exact) mass is 422 g/mol. The summed E-state index contributed by atoms with van der Waals surface area (Å²) in [5.41, 5.74) is 0.851. The smallest absolute Gasteiger partial charge is 0.346 e. The Hall–Kier alpha value is -2.43. The standard InChI is InChI=1S/C18H18N2O6S2/c21-17(25-12-13-5-2-1-3-6-13)15-9-8-14-11-19(15)18(22)20(14)26-28(23,24)16-7-4-10-27-16/h1-7,10,14-15H,8-9,11-12H2/t14-,15-/m1/s1. The first-order valence-corrected chi connectivity index (χ1v) is 11.0. The number of piperidine rings is 1. The number of amides is 2. The number of carbonyl (C=O) groups is 2. The Balaban J connectivity index is 1.42. The molecule has 0 N–H and O–H groups in total. The number of nitrogens with zero attached hydrogens (tertiary/aromatic N) is 2. The van der Waals surface area contributed by atoms with Gasteiger partial charge in [-0.2, -0.15) is 13.5 Å². The number of fused-ring (bicyclic) bond motifs is 2. The topological polar surface area (TPSA) is 93.2 Å². The molecule has 2 amide bonds. The molecule has 10 heteroatoms. The molecule has 2 saturated heterocycles. The van der Waals surface area contributed by atoms with E-state index < -0.39 is 34.2 Å². The molecule has 1 aromatic carbocycles. The van der Waals surface area contributed by atoms with Crippen LogP contribution in [0.2, 0.25) is 0 Å². The number of carbonyl (C=O) groups excluding carboxylic acids is 2. The molecule has 2 bridgehead atoms. The zero-order valence-electron chi connectivity index (χ0n) is 14.8. The van der Waals surface area contributed by atoms with Gasteiger partial charge in [-0.05, 0) is 29.9 Å². The Bertz CT molecular complexity index is 961. The highest BCUT2D eigenvalue weighted by atomic mass is 32.3. The van der Waals surface area contributed by atoms with Crippen LogP contribution >= 0.6 is 11.3 Å². The second kappa shape index (κ2) is 7.53. The van der Waals surface area contributed by atoms with Crippen LogP contribution in [0.15, 0.2) is 52.1 Å². The SMILES string of the molecule is O=C(OCc1ccccc1)[C@H]1CC[C@@H]2CN1C(=O)N2OS(=O)(=O)c1cccs1. The number of hydrogen-bond donors (Lipinski definition) is 0. The Morgan fingerprint density at radius 3 is 2.64 bits per heavy atom. The van der Waals surface area contributed by atoms with Crippen molar-refractivity contribution in [2.45, 2.75) is 35.7 Å². The number of esters is 1. The molecule has 8 nitrogen and oxygen atoms in total. The summed E-state index contributed by atoms with van der Waals surface area (Å²) < 4.78 is 35.2. The number of ether oxygens (including phenoxy) is 1. The highest BCUT2D eigenvalue weighted by Gasteiger charge is 2.50. The van der Waals surface area contributed by atoms with Crippen LogP contribution in [0, 0.1) is 0 Å². The average Bonchev–Trinajstić information content (AvgIpc) is 3.32. The summed E-state index contributed by atoms with van der Waals surface area (Å²) in [7, 11) is -4.08. The Labute approximate surface area is 166 Å². The minimum Gasteiger partial charge on any atom is -0.459 e. The van der Waals surface area contributed by atoms with Gasteiger partial charge in [0.15, 0.2) is 0 Å². The minimum atomic E-state index is -4.08. The van der Waals surface area contributed by atoms with Crippen molar-refractivity contribution in [1.29, 1.82) is 0 Å². The van der Waals surface area contributed by atoms with E-state index in [1.165, 1.54) is 11.0 Å². The largest absolute Gasteiger partial charge is 0.459 e. The van der Waals surface area contributed by atoms with Crippen molar-refractivity contribution >= 4 is 33.5 Å². The second-order valence-corrected chi connectivity index (χ2v) is 9.27. The third-order valence-corrected chi connectivity index (χ3v) is 7.29. The van der Waals surface area contributed by atoms with E-state index >= 15 is 0 Å². The third kappa shape index (κ3) is 3.62. The highest BCUT2D eigenvalue weighted by molar-refractivity contribution is 7.88. The van der Waals surface area contributed by atoms with Crippen molar-refractivity contribution in [3.05, 3.63) is 53.4 Å². The van der Waals surface area contributed by atoms with Crippen molar-refractivity contribution in [2.24, 2.45) is 0 Å². The van der Waals surface area contributed by atoms with Crippen molar-refractivity contribution in [1.82, 2.24) is 9.96 Å². The summed E-state index contributed by atoms with van der Waals surface area (Å²) in [4.78, 5) is 26.5. The average molecular weight is 422 g/mol. The summed E-state index contributed by atoms with van der Waals surface area (Å²) in [6.45, 7) is 0.346. The van der Waals surface area contributed by atoms with Crippen LogP contribution in [0.3, 0.4) is 0 Å². The summed E-state index contributed by atoms with van der Waals surface area (Å²) in [6, 6.07) is 10.5. The molecule has 0 unspecified atom stereocenters. The predicted molar refractivity (Wildman–Crippen MR) is 99.6 cm³/mol. The summed E-state index contributed by atoms with van der Waals surface area (Å²) in [6.07, 6.45) is 0.843. The van der Waals surface area contributed by atoms with Crippen LogP contribution in [0.4, 0.5) is 4.79 Å². The predicted octanol–water partition coefficient (Wildman–Crippen LogP) is 2.38. The molecule has 1 aromatic heterocycles. The van der Waals surface area contributed by atoms with E-state index in [0.717, 1.165) is 22.0 Å². The van der Waals surface area contributed by atoms with Crippen molar-refractivity contribution < 1.29 is 27.0 Å². The van der Waals surface area contributed by atoms with Gasteiger partial charge in [-0.3, -0.25) is 0 Å². The van der Waals surface area contributed by atoms with E-state index in [1.807, 2.05) is 30.3 Å². The maximum Gasteiger partial charge on any atom is 0.346 e. The van der Waals surface area contributed by atoms with E-state index in [9.17, 15) is 18.0 Å². The lowest BCUT2D eigenvalue weighted by atomic mass is 10.0. The zero-order chi connectivity index (χ0) is 19.7. The Kier molecular flexibility index (Phi) is 5.09. The lowest BCUT2D eigenvalue weighted by Crippen LogP contribution is -2.45. The number of urea groups is 1. The maximum atomic E-state index is 12.7. The molecule has 2 aromatic rings. The Morgan fingerprint density at radius 2 is 1.93 bits per heavy atom. The number of hydroxylamine groups is 2. The molecule has 2 atom stereocenters. The normalized spacial score (nSPS) is 21.8. The van der Waals surface area contributed by atoms with Gasteiger partial charge < -0.3 is 9.64 Å². The quantitative estimate of drug-likeness (QED) is 0.664. The van der Waals surface area contributed by atoms with E-state index in [0.29, 0.717) is 12.8 Å². The molecule has 0 spiro atoms. The second-order valence-electron chi connectivity index (χ2n) is 6.56. The number of rotatable bonds is 6. The lowest BCUT2D eigenvalue weighted by Gasteiger charge is -2.28. The first kappa shape index (κ1) is 18.9. The van der Waals surface area contributed by atoms with Crippen LogP contribution in [0.5, 0.6) is 0 Å². The van der Waals surface area contributed by atoms with Crippen molar-refractivity contribution in [3.8, 4) is 0 Å². The number of hydrogen-bond acceptors (Lipinski definition) is 7. The van der Waals surface area contributed by atoms with Crippen molar-refractivity contribution in [2.75, 3.05) is 6.54 Å². The molecule has 4 rings (SSSR count). The lowest BCUT2D eigenvalue weighted by molar-refractivity contribution is -0.151. The molecule has 2 fully saturated rings. The molecule has 3 heterocycles. The van der Waals surface area contributed by atoms with E-state index in [4.69, 9.17) is 9.02 Å². The molecule has 0 radical (unpaired) electrons. The molecule has 2 aliphatic rings. The van der Waals surface area contributed by atoms with Gasteiger partial charge in [0.2, 0.25) is 0 Å². The van der Waals surface area contributed by atoms with Gasteiger partial charge in [0.25, 0.3) is 0 Å². The molecular formula is C18H18N2O6S2. The summed E-state index contributed by atoms with van der Waals surface area (Å²) in [5, 5.41) is 2.49. The first-order valence-electron chi connectivity index (χ1n) is 8.74. The summed E-state index contributed by atoms with van der Waals surface area (Å²) >= 11 is 1.01. The van der Waals surface area contributed by atoms with Crippen LogP contribution in [-0.2, 0) is 30.5 Å². The molecule has 148 valence electrons. The van der Waals surface area contributed by atoms with Gasteiger partial charge in [0.1, 0.15) is 16.9 Å². The van der Waals surface area contributed by atoms with Gasteiger partial charge >= 0.3 is 22.1 Å². The first-order chi connectivity index (χ1) is 13.5. The molecule has 2 aliphatic heterocycles. The maximum absolute atomic E-state index is 12.7. The Morgan fingerprint density at radius 1 is 1.14 bits per heavy atom. The molecule has 0 aliphatic carbocycles. The number of thiophene rings is 1. The van der Waals surface area contributed by atoms with Crippen LogP contribution < -0.4 is 0 Å². The van der Waals surface area contributed by atoms with Gasteiger partial charge in [0.05, 0.1) is 6.04 Å². The highest BCUT2D eigenvalue weighted by Crippen LogP contribution is 2.32. The van der Waals surface area contributed by atoms with Gasteiger partial charge in [-0.25, -0.2) is 9.59 Å². The minimum absolute atomic E-state index is 0.0237. The fraction of sp³-hybridized carbons (Fsp3) is 0.333. The molecule has 0 saturated carbocycles. The van der Waals surface area contributed by atoms with Gasteiger partial charge in [-0.15, -0.1) is 15.6 Å². The van der Waals surface area contributed by atoms with Crippen LogP contribution in [0.1, 0.15) is 18.4 Å². The fourth-order valence-electron chi connectivity index (χ4n) is 3.35. The van der Waals surface area contributed by atoms with Gasteiger partial charge in [-0.1, -0.05) is 36.4 Å². The molecule has 28 heavy (non-hydrogen) atoms. The van der Waals surface area contributed by atoms with E-state index in [2.05, 4.69) is 0 Å². The van der Waals surface area contributed by atoms with Gasteiger partial charge in [0, 0.05) is 6.54 Å². The zero-order valence-corrected chi connectivity index (χ0v) is 16.4. The van der Waals surface area contributed by atoms with E-state index in [-0.39, 0.29) is 17.4 Å².